The highest BCUT2D eigenvalue weighted by Gasteiger charge is 2.23. The molecule has 0 saturated carbocycles. The van der Waals surface area contributed by atoms with Crippen LogP contribution >= 0.6 is 0 Å². The van der Waals surface area contributed by atoms with Gasteiger partial charge >= 0.3 is 5.97 Å². The summed E-state index contributed by atoms with van der Waals surface area (Å²) in [4.78, 5) is 14.1. The van der Waals surface area contributed by atoms with Crippen LogP contribution in [0, 0.1) is 6.92 Å². The summed E-state index contributed by atoms with van der Waals surface area (Å²) in [6.07, 6.45) is 1.87. The van der Waals surface area contributed by atoms with Crippen LogP contribution in [-0.4, -0.2) is 13.1 Å². The summed E-state index contributed by atoms with van der Waals surface area (Å²) in [6, 6.07) is 16.2. The molecule has 0 bridgehead atoms. The number of benzene rings is 2. The van der Waals surface area contributed by atoms with Crippen molar-refractivity contribution < 1.29 is 9.53 Å². The van der Waals surface area contributed by atoms with Crippen molar-refractivity contribution in [1.29, 1.82) is 0 Å². The Hall–Kier alpha value is -2.55. The van der Waals surface area contributed by atoms with E-state index in [1.807, 2.05) is 30.5 Å². The first-order valence-corrected chi connectivity index (χ1v) is 6.91. The fraction of sp³-hybridized carbons (Fsp3) is 0.167. The summed E-state index contributed by atoms with van der Waals surface area (Å²) < 4.78 is 4.92. The van der Waals surface area contributed by atoms with Crippen molar-refractivity contribution in [3.8, 4) is 0 Å². The zero-order valence-electron chi connectivity index (χ0n) is 12.2. The smallest absolute Gasteiger partial charge is 0.339 e. The minimum Gasteiger partial charge on any atom is -0.465 e. The highest BCUT2D eigenvalue weighted by molar-refractivity contribution is 6.17. The first-order chi connectivity index (χ1) is 10.2. The van der Waals surface area contributed by atoms with Gasteiger partial charge in [-0.05, 0) is 30.2 Å². The molecule has 0 saturated heterocycles. The van der Waals surface area contributed by atoms with Crippen molar-refractivity contribution in [3.63, 3.8) is 0 Å². The lowest BCUT2D eigenvalue weighted by molar-refractivity contribution is -0.133. The molecule has 21 heavy (non-hydrogen) atoms. The Bertz CT molecular complexity index is 701. The third kappa shape index (κ3) is 2.55. The Morgan fingerprint density at radius 2 is 1.81 bits per heavy atom. The van der Waals surface area contributed by atoms with Gasteiger partial charge in [0, 0.05) is 18.4 Å². The molecule has 2 aromatic carbocycles. The van der Waals surface area contributed by atoms with E-state index in [2.05, 4.69) is 36.1 Å². The highest BCUT2D eigenvalue weighted by atomic mass is 16.5. The Morgan fingerprint density at radius 3 is 2.52 bits per heavy atom. The number of aryl methyl sites for hydroxylation is 1. The molecule has 0 fully saturated rings. The maximum absolute atomic E-state index is 12.0. The fourth-order valence-electron chi connectivity index (χ4n) is 2.55. The monoisotopic (exact) mass is 279 g/mol. The molecule has 0 aliphatic carbocycles. The van der Waals surface area contributed by atoms with Crippen LogP contribution < -0.4 is 4.90 Å². The van der Waals surface area contributed by atoms with Crippen LogP contribution in [0.25, 0.3) is 5.57 Å². The highest BCUT2D eigenvalue weighted by Crippen LogP contribution is 2.30. The molecule has 1 heterocycles. The number of methoxy groups -OCH3 is 1. The third-order valence-corrected chi connectivity index (χ3v) is 3.70. The zero-order valence-corrected chi connectivity index (χ0v) is 12.2. The molecule has 0 radical (unpaired) electrons. The van der Waals surface area contributed by atoms with Gasteiger partial charge in [-0.1, -0.05) is 42.0 Å². The second-order valence-electron chi connectivity index (χ2n) is 5.15. The minimum absolute atomic E-state index is 0.306. The van der Waals surface area contributed by atoms with Crippen molar-refractivity contribution in [2.75, 3.05) is 12.0 Å². The Morgan fingerprint density at radius 1 is 1.10 bits per heavy atom. The predicted octanol–water partition coefficient (Wildman–Crippen LogP) is 3.53. The topological polar surface area (TPSA) is 29.5 Å². The van der Waals surface area contributed by atoms with Crippen LogP contribution in [0.1, 0.15) is 16.7 Å². The lowest BCUT2D eigenvalue weighted by Crippen LogP contribution is -2.23. The van der Waals surface area contributed by atoms with Crippen molar-refractivity contribution in [2.45, 2.75) is 13.5 Å². The SMILES string of the molecule is COC(=O)C1=CN(c2ccc(C)cc2)Cc2ccccc21. The van der Waals surface area contributed by atoms with Crippen molar-refractivity contribution in [3.05, 3.63) is 71.4 Å². The largest absolute Gasteiger partial charge is 0.465 e. The number of carbonyl (C=O) groups excluding carboxylic acids is 1. The van der Waals surface area contributed by atoms with E-state index >= 15 is 0 Å². The molecular formula is C18H17NO2. The number of rotatable bonds is 2. The van der Waals surface area contributed by atoms with Crippen LogP contribution in [0.3, 0.4) is 0 Å². The number of carbonyl (C=O) groups is 1. The Kier molecular flexibility index (Phi) is 3.48. The first kappa shape index (κ1) is 13.4. The first-order valence-electron chi connectivity index (χ1n) is 6.91. The van der Waals surface area contributed by atoms with Gasteiger partial charge in [0.05, 0.1) is 12.7 Å². The fourth-order valence-corrected chi connectivity index (χ4v) is 2.55. The summed E-state index contributed by atoms with van der Waals surface area (Å²) >= 11 is 0. The number of anilines is 1. The van der Waals surface area contributed by atoms with Crippen LogP contribution in [0.15, 0.2) is 54.7 Å². The van der Waals surface area contributed by atoms with Gasteiger partial charge in [-0.25, -0.2) is 4.79 Å². The molecule has 0 N–H and O–H groups in total. The van der Waals surface area contributed by atoms with E-state index in [0.717, 1.165) is 23.4 Å². The minimum atomic E-state index is -0.306. The average molecular weight is 279 g/mol. The third-order valence-electron chi connectivity index (χ3n) is 3.70. The van der Waals surface area contributed by atoms with Crippen molar-refractivity contribution in [1.82, 2.24) is 0 Å². The van der Waals surface area contributed by atoms with E-state index in [1.54, 1.807) is 0 Å². The van der Waals surface area contributed by atoms with Crippen LogP contribution in [-0.2, 0) is 16.1 Å². The van der Waals surface area contributed by atoms with Gasteiger partial charge in [-0.3, -0.25) is 0 Å². The van der Waals surface area contributed by atoms with E-state index in [9.17, 15) is 4.79 Å². The molecule has 2 aromatic rings. The van der Waals surface area contributed by atoms with Gasteiger partial charge < -0.3 is 9.64 Å². The number of nitrogens with zero attached hydrogens (tertiary/aromatic N) is 1. The normalized spacial score (nSPS) is 13.4. The molecule has 0 atom stereocenters. The molecule has 0 amide bonds. The van der Waals surface area contributed by atoms with Gasteiger partial charge in [0.25, 0.3) is 0 Å². The second-order valence-corrected chi connectivity index (χ2v) is 5.15. The molecule has 1 aliphatic rings. The molecule has 3 rings (SSSR count). The van der Waals surface area contributed by atoms with Gasteiger partial charge in [-0.2, -0.15) is 0 Å². The van der Waals surface area contributed by atoms with E-state index < -0.39 is 0 Å². The Labute approximate surface area is 124 Å². The zero-order chi connectivity index (χ0) is 14.8. The molecule has 3 heteroatoms. The standard InChI is InChI=1S/C18H17NO2/c1-13-7-9-15(10-8-13)19-11-14-5-3-4-6-16(14)17(12-19)18(20)21-2/h3-10,12H,11H2,1-2H3. The molecule has 0 aromatic heterocycles. The van der Waals surface area contributed by atoms with Gasteiger partial charge in [0.1, 0.15) is 0 Å². The van der Waals surface area contributed by atoms with Crippen LogP contribution in [0.5, 0.6) is 0 Å². The summed E-state index contributed by atoms with van der Waals surface area (Å²) in [7, 11) is 1.41. The number of hydrogen-bond acceptors (Lipinski definition) is 3. The van der Waals surface area contributed by atoms with Crippen LogP contribution in [0.2, 0.25) is 0 Å². The molecular weight excluding hydrogens is 262 g/mol. The molecule has 0 spiro atoms. The predicted molar refractivity (Wildman–Crippen MR) is 83.8 cm³/mol. The van der Waals surface area contributed by atoms with Crippen LogP contribution in [0.4, 0.5) is 5.69 Å². The summed E-state index contributed by atoms with van der Waals surface area (Å²) in [5.41, 5.74) is 4.96. The van der Waals surface area contributed by atoms with E-state index in [0.29, 0.717) is 5.57 Å². The maximum Gasteiger partial charge on any atom is 0.339 e. The molecule has 1 aliphatic heterocycles. The second kappa shape index (κ2) is 5.44. The quantitative estimate of drug-likeness (QED) is 0.788. The number of ether oxygens (including phenoxy) is 1. The molecule has 106 valence electrons. The Balaban J connectivity index is 2.05. The summed E-state index contributed by atoms with van der Waals surface area (Å²) in [5.74, 6) is -0.306. The average Bonchev–Trinajstić information content (AvgIpc) is 2.53. The van der Waals surface area contributed by atoms with Crippen molar-refractivity contribution in [2.24, 2.45) is 0 Å². The van der Waals surface area contributed by atoms with Crippen molar-refractivity contribution >= 4 is 17.2 Å². The lowest BCUT2D eigenvalue weighted by Gasteiger charge is -2.28. The number of fused-ring (bicyclic) bond motifs is 1. The van der Waals surface area contributed by atoms with Gasteiger partial charge in [-0.15, -0.1) is 0 Å². The number of hydrogen-bond donors (Lipinski definition) is 0. The summed E-state index contributed by atoms with van der Waals surface area (Å²) in [6.45, 7) is 2.81. The molecule has 3 nitrogen and oxygen atoms in total. The van der Waals surface area contributed by atoms with E-state index in [1.165, 1.54) is 12.7 Å². The van der Waals surface area contributed by atoms with E-state index in [4.69, 9.17) is 4.74 Å². The van der Waals surface area contributed by atoms with E-state index in [-0.39, 0.29) is 5.97 Å². The number of esters is 1. The van der Waals surface area contributed by atoms with Gasteiger partial charge in [0.15, 0.2) is 0 Å². The maximum atomic E-state index is 12.0. The van der Waals surface area contributed by atoms with Gasteiger partial charge in [0.2, 0.25) is 0 Å². The summed E-state index contributed by atoms with van der Waals surface area (Å²) in [5, 5.41) is 0. The lowest BCUT2D eigenvalue weighted by atomic mass is 9.96. The molecule has 0 unspecified atom stereocenters.